The van der Waals surface area contributed by atoms with Gasteiger partial charge in [-0.2, -0.15) is 0 Å². The minimum atomic E-state index is 0.626. The van der Waals surface area contributed by atoms with E-state index >= 15 is 0 Å². The fourth-order valence-electron chi connectivity index (χ4n) is 1.91. The third-order valence-corrected chi connectivity index (χ3v) is 3.05. The number of guanidine groups is 1. The molecule has 1 rings (SSSR count). The van der Waals surface area contributed by atoms with Gasteiger partial charge in [-0.15, -0.1) is 0 Å². The molecule has 1 heterocycles. The molecule has 0 radical (unpaired) electrons. The van der Waals surface area contributed by atoms with Gasteiger partial charge in [0.1, 0.15) is 0 Å². The molecule has 118 valence electrons. The molecule has 0 aliphatic rings. The van der Waals surface area contributed by atoms with Gasteiger partial charge in [0.05, 0.1) is 13.2 Å². The summed E-state index contributed by atoms with van der Waals surface area (Å²) in [5.74, 6) is 1.61. The normalized spacial score (nSPS) is 11.3. The second-order valence-electron chi connectivity index (χ2n) is 4.88. The zero-order valence-corrected chi connectivity index (χ0v) is 13.7. The van der Waals surface area contributed by atoms with Gasteiger partial charge in [0, 0.05) is 32.4 Å². The first-order chi connectivity index (χ1) is 10.2. The first kappa shape index (κ1) is 17.3. The summed E-state index contributed by atoms with van der Waals surface area (Å²) in [6, 6.07) is 3.92. The lowest BCUT2D eigenvalue weighted by Crippen LogP contribution is -2.39. The van der Waals surface area contributed by atoms with Crippen molar-refractivity contribution in [2.24, 2.45) is 4.99 Å². The van der Waals surface area contributed by atoms with Crippen LogP contribution in [0, 0.1) is 0 Å². The Bertz CT molecular complexity index is 434. The summed E-state index contributed by atoms with van der Waals surface area (Å²) in [4.78, 5) is 11.0. The van der Waals surface area contributed by atoms with E-state index in [1.165, 1.54) is 12.8 Å². The zero-order chi connectivity index (χ0) is 15.5. The summed E-state index contributed by atoms with van der Waals surface area (Å²) < 4.78 is 5.42. The quantitative estimate of drug-likeness (QED) is 0.591. The molecular weight excluding hydrogens is 264 g/mol. The van der Waals surface area contributed by atoms with E-state index in [2.05, 4.69) is 41.1 Å². The maximum atomic E-state index is 5.42. The Balaban J connectivity index is 2.70. The number of nitrogens with zero attached hydrogens (tertiary/aromatic N) is 3. The Labute approximate surface area is 128 Å². The molecule has 1 N–H and O–H groups in total. The van der Waals surface area contributed by atoms with Gasteiger partial charge in [0.15, 0.2) is 5.96 Å². The average molecular weight is 292 g/mol. The number of hydrogen-bond donors (Lipinski definition) is 1. The van der Waals surface area contributed by atoms with Gasteiger partial charge in [-0.05, 0) is 31.9 Å². The Morgan fingerprint density at radius 1 is 1.38 bits per heavy atom. The van der Waals surface area contributed by atoms with Crippen LogP contribution in [0.5, 0.6) is 5.88 Å². The Kier molecular flexibility index (Phi) is 8.24. The molecule has 0 saturated heterocycles. The van der Waals surface area contributed by atoms with Crippen LogP contribution in [0.3, 0.4) is 0 Å². The number of ether oxygens (including phenoxy) is 1. The number of aliphatic imine (C=N–C) groups is 1. The second kappa shape index (κ2) is 10.0. The molecule has 0 spiro atoms. The van der Waals surface area contributed by atoms with Gasteiger partial charge in [0.25, 0.3) is 0 Å². The predicted octanol–water partition coefficient (Wildman–Crippen LogP) is 2.68. The number of nitrogens with one attached hydrogen (secondary N) is 1. The van der Waals surface area contributed by atoms with Gasteiger partial charge >= 0.3 is 0 Å². The van der Waals surface area contributed by atoms with Crippen molar-refractivity contribution in [2.75, 3.05) is 26.7 Å². The Morgan fingerprint density at radius 3 is 2.86 bits per heavy atom. The number of aromatic nitrogens is 1. The number of unbranched alkanes of at least 4 members (excludes halogenated alkanes) is 1. The molecule has 21 heavy (non-hydrogen) atoms. The molecule has 0 aromatic carbocycles. The van der Waals surface area contributed by atoms with Gasteiger partial charge < -0.3 is 15.0 Å². The van der Waals surface area contributed by atoms with Crippen LogP contribution in [0.15, 0.2) is 23.3 Å². The van der Waals surface area contributed by atoms with Crippen LogP contribution in [0.2, 0.25) is 0 Å². The fourth-order valence-corrected chi connectivity index (χ4v) is 1.91. The minimum Gasteiger partial charge on any atom is -0.478 e. The molecule has 0 amide bonds. The SMILES string of the molecule is CCCCN(C)C(=NCc1ccnc(OCC)c1)NCC. The average Bonchev–Trinajstić information content (AvgIpc) is 2.49. The molecule has 0 atom stereocenters. The highest BCUT2D eigenvalue weighted by Gasteiger charge is 2.05. The molecule has 0 saturated carbocycles. The second-order valence-corrected chi connectivity index (χ2v) is 4.88. The first-order valence-corrected chi connectivity index (χ1v) is 7.78. The van der Waals surface area contributed by atoms with Crippen LogP contribution in [-0.4, -0.2) is 42.6 Å². The summed E-state index contributed by atoms with van der Waals surface area (Å²) in [7, 11) is 2.08. The summed E-state index contributed by atoms with van der Waals surface area (Å²) in [5.41, 5.74) is 1.10. The van der Waals surface area contributed by atoms with Crippen LogP contribution in [0.4, 0.5) is 0 Å². The predicted molar refractivity (Wildman–Crippen MR) is 87.8 cm³/mol. The van der Waals surface area contributed by atoms with Crippen molar-refractivity contribution in [1.29, 1.82) is 0 Å². The van der Waals surface area contributed by atoms with Crippen molar-refractivity contribution in [3.05, 3.63) is 23.9 Å². The molecule has 0 aliphatic carbocycles. The summed E-state index contributed by atoms with van der Waals surface area (Å²) in [6.45, 7) is 9.38. The summed E-state index contributed by atoms with van der Waals surface area (Å²) in [5, 5.41) is 3.33. The maximum Gasteiger partial charge on any atom is 0.213 e. The van der Waals surface area contributed by atoms with Crippen LogP contribution < -0.4 is 10.1 Å². The third kappa shape index (κ3) is 6.47. The number of rotatable bonds is 8. The number of hydrogen-bond acceptors (Lipinski definition) is 3. The Hall–Kier alpha value is -1.78. The monoisotopic (exact) mass is 292 g/mol. The van der Waals surface area contributed by atoms with Crippen molar-refractivity contribution >= 4 is 5.96 Å². The van der Waals surface area contributed by atoms with E-state index in [1.54, 1.807) is 6.20 Å². The standard InChI is InChI=1S/C16H28N4O/c1-5-8-11-20(4)16(17-6-2)19-13-14-9-10-18-15(12-14)21-7-3/h9-10,12H,5-8,11,13H2,1-4H3,(H,17,19). The molecule has 0 unspecified atom stereocenters. The highest BCUT2D eigenvalue weighted by Crippen LogP contribution is 2.10. The summed E-state index contributed by atoms with van der Waals surface area (Å²) in [6.07, 6.45) is 4.13. The van der Waals surface area contributed by atoms with Gasteiger partial charge in [0.2, 0.25) is 5.88 Å². The molecule has 1 aromatic heterocycles. The molecule has 0 aliphatic heterocycles. The van der Waals surface area contributed by atoms with E-state index in [0.29, 0.717) is 19.0 Å². The van der Waals surface area contributed by atoms with Gasteiger partial charge in [-0.1, -0.05) is 13.3 Å². The van der Waals surface area contributed by atoms with E-state index in [1.807, 2.05) is 19.1 Å². The van der Waals surface area contributed by atoms with Crippen LogP contribution in [-0.2, 0) is 6.54 Å². The van der Waals surface area contributed by atoms with E-state index in [0.717, 1.165) is 24.6 Å². The van der Waals surface area contributed by atoms with Crippen molar-refractivity contribution in [2.45, 2.75) is 40.2 Å². The minimum absolute atomic E-state index is 0.626. The Morgan fingerprint density at radius 2 is 2.19 bits per heavy atom. The highest BCUT2D eigenvalue weighted by atomic mass is 16.5. The van der Waals surface area contributed by atoms with Crippen molar-refractivity contribution in [1.82, 2.24) is 15.2 Å². The van der Waals surface area contributed by atoms with E-state index in [-0.39, 0.29) is 0 Å². The van der Waals surface area contributed by atoms with Crippen molar-refractivity contribution in [3.8, 4) is 5.88 Å². The first-order valence-electron chi connectivity index (χ1n) is 7.78. The molecule has 5 heteroatoms. The lowest BCUT2D eigenvalue weighted by Gasteiger charge is -2.21. The van der Waals surface area contributed by atoms with Gasteiger partial charge in [-0.25, -0.2) is 9.98 Å². The van der Waals surface area contributed by atoms with Crippen molar-refractivity contribution < 1.29 is 4.74 Å². The molecular formula is C16H28N4O. The lowest BCUT2D eigenvalue weighted by molar-refractivity contribution is 0.326. The van der Waals surface area contributed by atoms with Crippen LogP contribution in [0.1, 0.15) is 39.2 Å². The van der Waals surface area contributed by atoms with E-state index in [4.69, 9.17) is 4.74 Å². The molecule has 0 fully saturated rings. The topological polar surface area (TPSA) is 49.8 Å². The maximum absolute atomic E-state index is 5.42. The molecule has 0 bridgehead atoms. The smallest absolute Gasteiger partial charge is 0.213 e. The number of pyridine rings is 1. The van der Waals surface area contributed by atoms with Gasteiger partial charge in [-0.3, -0.25) is 0 Å². The molecule has 1 aromatic rings. The van der Waals surface area contributed by atoms with Crippen molar-refractivity contribution in [3.63, 3.8) is 0 Å². The van der Waals surface area contributed by atoms with Crippen LogP contribution in [0.25, 0.3) is 0 Å². The fraction of sp³-hybridized carbons (Fsp3) is 0.625. The van der Waals surface area contributed by atoms with E-state index in [9.17, 15) is 0 Å². The van der Waals surface area contributed by atoms with Crippen LogP contribution >= 0.6 is 0 Å². The van der Waals surface area contributed by atoms with E-state index < -0.39 is 0 Å². The summed E-state index contributed by atoms with van der Waals surface area (Å²) >= 11 is 0. The zero-order valence-electron chi connectivity index (χ0n) is 13.7. The largest absolute Gasteiger partial charge is 0.478 e. The molecule has 5 nitrogen and oxygen atoms in total. The highest BCUT2D eigenvalue weighted by molar-refractivity contribution is 5.79. The third-order valence-electron chi connectivity index (χ3n) is 3.05. The lowest BCUT2D eigenvalue weighted by atomic mass is 10.3.